The molecule has 60 heavy (non-hydrogen) atoms. The minimum atomic E-state index is -0.460. The molecule has 0 bridgehead atoms. The van der Waals surface area contributed by atoms with Crippen molar-refractivity contribution in [3.8, 4) is 0 Å². The molecular weight excluding hydrogens is 759 g/mol. The van der Waals surface area contributed by atoms with Crippen molar-refractivity contribution in [2.45, 2.75) is 181 Å². The molecule has 6 aliphatic heterocycles. The standard InChI is InChI=1S/C17H33N3O2.C12H25N3.C10H17NO3.C7H16N2/c1-13-11-20(12-14(2)18(13)6)15-7-9-19(10-8-15)16(21)22-17(3,4)5;1-10-8-15(9-11(2)14(10)3)12-4-6-13-7-5-12;1-10(2,3)14-9(13)11-6-4-8(12)5-7-11;1-6-4-8-5-7(2)9(6)3/h13-15H,7-12H2,1-6H3;10-13H,4-9H2,1-3H3;4-7H2,1-3H3;6-8H,4-5H2,1-3H3/t13-,14+;10-,11+;;6-,7+. The zero-order valence-corrected chi connectivity index (χ0v) is 41.0. The fourth-order valence-corrected chi connectivity index (χ4v) is 8.89. The Bertz CT molecular complexity index is 1250. The highest BCUT2D eigenvalue weighted by Gasteiger charge is 2.35. The van der Waals surface area contributed by atoms with Crippen LogP contribution in [-0.4, -0.2) is 211 Å². The molecule has 350 valence electrons. The first kappa shape index (κ1) is 52.3. The van der Waals surface area contributed by atoms with Crippen LogP contribution < -0.4 is 10.6 Å². The van der Waals surface area contributed by atoms with E-state index in [1.54, 1.807) is 4.90 Å². The lowest BCUT2D eigenvalue weighted by Gasteiger charge is -2.47. The topological polar surface area (TPSA) is 116 Å². The molecule has 2 amide bonds. The van der Waals surface area contributed by atoms with Gasteiger partial charge >= 0.3 is 12.2 Å². The zero-order chi connectivity index (χ0) is 44.9. The van der Waals surface area contributed by atoms with E-state index in [1.807, 2.05) is 46.4 Å². The number of rotatable bonds is 2. The second-order valence-corrected chi connectivity index (χ2v) is 20.8. The maximum absolute atomic E-state index is 12.1. The van der Waals surface area contributed by atoms with E-state index in [4.69, 9.17) is 9.47 Å². The molecule has 14 heteroatoms. The van der Waals surface area contributed by atoms with Crippen LogP contribution in [0.3, 0.4) is 0 Å². The molecule has 6 heterocycles. The highest BCUT2D eigenvalue weighted by Crippen LogP contribution is 2.24. The number of likely N-dealkylation sites (tertiary alicyclic amines) is 2. The van der Waals surface area contributed by atoms with Crippen molar-refractivity contribution in [3.05, 3.63) is 0 Å². The van der Waals surface area contributed by atoms with Crippen LogP contribution in [0.1, 0.15) is 122 Å². The highest BCUT2D eigenvalue weighted by atomic mass is 16.6. The van der Waals surface area contributed by atoms with Crippen LogP contribution in [-0.2, 0) is 14.3 Å². The van der Waals surface area contributed by atoms with Crippen molar-refractivity contribution < 1.29 is 23.9 Å². The van der Waals surface area contributed by atoms with Crippen molar-refractivity contribution in [3.63, 3.8) is 0 Å². The van der Waals surface area contributed by atoms with Crippen LogP contribution in [0.25, 0.3) is 0 Å². The van der Waals surface area contributed by atoms with Gasteiger partial charge in [0, 0.05) is 127 Å². The van der Waals surface area contributed by atoms with Crippen molar-refractivity contribution in [2.75, 3.05) is 99.7 Å². The number of hydrogen-bond acceptors (Lipinski definition) is 12. The van der Waals surface area contributed by atoms with E-state index >= 15 is 0 Å². The Balaban J connectivity index is 0.000000223. The number of Topliss-reactive ketones (excluding diaryl/α,β-unsaturated/α-hetero) is 1. The second-order valence-electron chi connectivity index (χ2n) is 20.8. The number of piperidine rings is 3. The Kier molecular flexibility index (Phi) is 21.0. The Hall–Kier alpha value is -2.07. The summed E-state index contributed by atoms with van der Waals surface area (Å²) in [6, 6.07) is 5.48. The predicted molar refractivity (Wildman–Crippen MR) is 245 cm³/mol. The van der Waals surface area contributed by atoms with Crippen LogP contribution in [0, 0.1) is 0 Å². The summed E-state index contributed by atoms with van der Waals surface area (Å²) in [5, 5.41) is 6.82. The quantitative estimate of drug-likeness (QED) is 0.388. The molecule has 0 unspecified atom stereocenters. The molecule has 6 atom stereocenters. The SMILES string of the molecule is CC(C)(C)OC(=O)N1CCC(=O)CC1.C[C@@H]1CN(C2CCN(C(=O)OC(C)(C)C)CC2)C[C@H](C)N1C.C[C@@H]1CN(C2CCNCC2)C[C@H](C)N1C.C[C@@H]1CNC[C@H](C)N1C. The summed E-state index contributed by atoms with van der Waals surface area (Å²) in [6.45, 7) is 37.2. The molecule has 0 radical (unpaired) electrons. The van der Waals surface area contributed by atoms with Crippen molar-refractivity contribution in [2.24, 2.45) is 0 Å². The molecule has 0 aliphatic carbocycles. The largest absolute Gasteiger partial charge is 0.444 e. The summed E-state index contributed by atoms with van der Waals surface area (Å²) in [4.78, 5) is 50.8. The van der Waals surface area contributed by atoms with Gasteiger partial charge in [-0.1, -0.05) is 0 Å². The molecule has 6 rings (SSSR count). The minimum absolute atomic E-state index is 0.161. The summed E-state index contributed by atoms with van der Waals surface area (Å²) in [7, 11) is 6.67. The van der Waals surface area contributed by atoms with Gasteiger partial charge in [-0.3, -0.25) is 29.3 Å². The van der Waals surface area contributed by atoms with Crippen LogP contribution in [0.4, 0.5) is 9.59 Å². The van der Waals surface area contributed by atoms with Gasteiger partial charge in [0.2, 0.25) is 0 Å². The van der Waals surface area contributed by atoms with Gasteiger partial charge in [0.05, 0.1) is 0 Å². The van der Waals surface area contributed by atoms with Gasteiger partial charge in [-0.15, -0.1) is 0 Å². The van der Waals surface area contributed by atoms with Crippen molar-refractivity contribution in [1.29, 1.82) is 0 Å². The van der Waals surface area contributed by atoms with Gasteiger partial charge in [0.25, 0.3) is 0 Å². The molecule has 6 saturated heterocycles. The average Bonchev–Trinajstić information content (AvgIpc) is 3.18. The molecular formula is C46H91N9O5. The molecule has 0 aromatic heterocycles. The number of ketones is 1. The third kappa shape index (κ3) is 17.6. The van der Waals surface area contributed by atoms with Gasteiger partial charge in [-0.05, 0) is 143 Å². The first-order chi connectivity index (χ1) is 28.0. The number of amides is 2. The Labute approximate surface area is 366 Å². The molecule has 6 aliphatic rings. The fourth-order valence-electron chi connectivity index (χ4n) is 8.89. The van der Waals surface area contributed by atoms with E-state index in [1.165, 1.54) is 39.0 Å². The smallest absolute Gasteiger partial charge is 0.410 e. The molecule has 0 spiro atoms. The zero-order valence-electron chi connectivity index (χ0n) is 41.0. The summed E-state index contributed by atoms with van der Waals surface area (Å²) >= 11 is 0. The van der Waals surface area contributed by atoms with E-state index in [2.05, 4.69) is 97.8 Å². The number of piperazine rings is 3. The van der Waals surface area contributed by atoms with Gasteiger partial charge in [-0.25, -0.2) is 9.59 Å². The number of likely N-dealkylation sites (N-methyl/N-ethyl adjacent to an activating group) is 3. The maximum Gasteiger partial charge on any atom is 0.410 e. The number of nitrogens with one attached hydrogen (secondary N) is 2. The van der Waals surface area contributed by atoms with E-state index in [0.717, 1.165) is 58.2 Å². The third-order valence-electron chi connectivity index (χ3n) is 13.5. The Morgan fingerprint density at radius 1 is 0.517 bits per heavy atom. The molecule has 0 saturated carbocycles. The number of nitrogens with zero attached hydrogens (tertiary/aromatic N) is 7. The predicted octanol–water partition coefficient (Wildman–Crippen LogP) is 5.06. The van der Waals surface area contributed by atoms with Gasteiger partial charge in [0.15, 0.2) is 0 Å². The second kappa shape index (κ2) is 24.1. The molecule has 2 N–H and O–H groups in total. The summed E-state index contributed by atoms with van der Waals surface area (Å²) in [5.41, 5.74) is -0.866. The summed E-state index contributed by atoms with van der Waals surface area (Å²) in [6.07, 6.45) is 5.23. The molecule has 14 nitrogen and oxygen atoms in total. The monoisotopic (exact) mass is 850 g/mol. The van der Waals surface area contributed by atoms with Crippen molar-refractivity contribution in [1.82, 2.24) is 44.9 Å². The van der Waals surface area contributed by atoms with Crippen LogP contribution >= 0.6 is 0 Å². The van der Waals surface area contributed by atoms with Crippen LogP contribution in [0.2, 0.25) is 0 Å². The van der Waals surface area contributed by atoms with E-state index in [9.17, 15) is 14.4 Å². The lowest BCUT2D eigenvalue weighted by Crippen LogP contribution is -2.59. The fraction of sp³-hybridized carbons (Fsp3) is 0.935. The van der Waals surface area contributed by atoms with Crippen LogP contribution in [0.5, 0.6) is 0 Å². The van der Waals surface area contributed by atoms with E-state index in [0.29, 0.717) is 68.2 Å². The van der Waals surface area contributed by atoms with Gasteiger partial charge < -0.3 is 29.9 Å². The lowest BCUT2D eigenvalue weighted by molar-refractivity contribution is -0.121. The first-order valence-electron chi connectivity index (χ1n) is 23.5. The maximum atomic E-state index is 12.1. The number of ether oxygens (including phenoxy) is 2. The van der Waals surface area contributed by atoms with Gasteiger partial charge in [0.1, 0.15) is 17.0 Å². The molecule has 6 fully saturated rings. The average molecular weight is 850 g/mol. The highest BCUT2D eigenvalue weighted by molar-refractivity contribution is 5.81. The molecule has 0 aromatic carbocycles. The Morgan fingerprint density at radius 2 is 0.850 bits per heavy atom. The number of hydrogen-bond donors (Lipinski definition) is 2. The van der Waals surface area contributed by atoms with E-state index < -0.39 is 11.2 Å². The first-order valence-corrected chi connectivity index (χ1v) is 23.5. The van der Waals surface area contributed by atoms with Crippen molar-refractivity contribution >= 4 is 18.0 Å². The Morgan fingerprint density at radius 3 is 1.20 bits per heavy atom. The number of carbonyl (C=O) groups is 3. The minimum Gasteiger partial charge on any atom is -0.444 e. The van der Waals surface area contributed by atoms with E-state index in [-0.39, 0.29) is 18.0 Å². The molecule has 0 aromatic rings. The number of carbonyl (C=O) groups excluding carboxylic acids is 3. The normalized spacial score (nSPS) is 30.2. The lowest BCUT2D eigenvalue weighted by atomic mass is 9.99. The summed E-state index contributed by atoms with van der Waals surface area (Å²) in [5.74, 6) is 0.227. The van der Waals surface area contributed by atoms with Gasteiger partial charge in [-0.2, -0.15) is 0 Å². The summed E-state index contributed by atoms with van der Waals surface area (Å²) < 4.78 is 10.7. The van der Waals surface area contributed by atoms with Crippen LogP contribution in [0.15, 0.2) is 0 Å². The third-order valence-corrected chi connectivity index (χ3v) is 13.5.